The van der Waals surface area contributed by atoms with Gasteiger partial charge in [0.15, 0.2) is 0 Å². The van der Waals surface area contributed by atoms with Crippen LogP contribution in [0.2, 0.25) is 0 Å². The monoisotopic (exact) mass is 265 g/mol. The third-order valence-electron chi connectivity index (χ3n) is 1.56. The van der Waals surface area contributed by atoms with E-state index < -0.39 is 5.60 Å². The summed E-state index contributed by atoms with van der Waals surface area (Å²) in [6, 6.07) is 0. The van der Waals surface area contributed by atoms with Gasteiger partial charge in [0.1, 0.15) is 5.60 Å². The zero-order valence-electron chi connectivity index (χ0n) is 9.56. The van der Waals surface area contributed by atoms with E-state index in [4.69, 9.17) is 4.74 Å². The highest BCUT2D eigenvalue weighted by Gasteiger charge is 2.17. The van der Waals surface area contributed by atoms with Crippen molar-refractivity contribution in [2.24, 2.45) is 5.92 Å². The first-order valence-electron chi connectivity index (χ1n) is 4.83. The van der Waals surface area contributed by atoms with Gasteiger partial charge >= 0.3 is 6.09 Å². The Hall–Kier alpha value is -0.250. The van der Waals surface area contributed by atoms with Crippen molar-refractivity contribution >= 4 is 22.0 Å². The molecule has 0 spiro atoms. The summed E-state index contributed by atoms with van der Waals surface area (Å²) in [5, 5.41) is 2.71. The van der Waals surface area contributed by atoms with Gasteiger partial charge in [0.2, 0.25) is 0 Å². The van der Waals surface area contributed by atoms with Crippen LogP contribution >= 0.6 is 15.9 Å². The lowest BCUT2D eigenvalue weighted by atomic mass is 10.1. The number of carbonyl (C=O) groups excluding carboxylic acids is 1. The molecule has 0 aliphatic carbocycles. The molecule has 0 aliphatic heterocycles. The zero-order chi connectivity index (χ0) is 11.4. The van der Waals surface area contributed by atoms with Crippen LogP contribution in [0.3, 0.4) is 0 Å². The molecule has 1 unspecified atom stereocenters. The molecule has 0 bridgehead atoms. The van der Waals surface area contributed by atoms with E-state index in [1.807, 2.05) is 20.8 Å². The van der Waals surface area contributed by atoms with E-state index in [1.165, 1.54) is 0 Å². The zero-order valence-corrected chi connectivity index (χ0v) is 11.1. The van der Waals surface area contributed by atoms with Gasteiger partial charge in [-0.1, -0.05) is 29.8 Å². The van der Waals surface area contributed by atoms with Crippen LogP contribution in [-0.4, -0.2) is 23.1 Å². The second-order valence-corrected chi connectivity index (χ2v) is 5.82. The lowest BCUT2D eigenvalue weighted by Crippen LogP contribution is -2.36. The van der Waals surface area contributed by atoms with E-state index in [-0.39, 0.29) is 10.9 Å². The van der Waals surface area contributed by atoms with Gasteiger partial charge in [0.05, 0.1) is 0 Å². The maximum atomic E-state index is 11.2. The molecule has 1 amide bonds. The Morgan fingerprint density at radius 2 is 1.93 bits per heavy atom. The van der Waals surface area contributed by atoms with Crippen molar-refractivity contribution in [2.45, 2.75) is 45.0 Å². The van der Waals surface area contributed by atoms with Crippen molar-refractivity contribution < 1.29 is 9.53 Å². The molecule has 1 atom stereocenters. The molecule has 0 saturated carbocycles. The van der Waals surface area contributed by atoms with Gasteiger partial charge < -0.3 is 10.1 Å². The average Bonchev–Trinajstić information content (AvgIpc) is 1.96. The molecular formula is C10H20BrNO2. The number of halogens is 1. The van der Waals surface area contributed by atoms with E-state index in [2.05, 4.69) is 35.1 Å². The Bertz CT molecular complexity index is 187. The van der Waals surface area contributed by atoms with Crippen LogP contribution in [0.1, 0.15) is 34.6 Å². The Balaban J connectivity index is 3.75. The quantitative estimate of drug-likeness (QED) is 0.797. The molecule has 14 heavy (non-hydrogen) atoms. The highest BCUT2D eigenvalue weighted by molar-refractivity contribution is 9.09. The summed E-state index contributed by atoms with van der Waals surface area (Å²) in [6.07, 6.45) is -0.359. The minimum absolute atomic E-state index is 0.287. The summed E-state index contributed by atoms with van der Waals surface area (Å²) in [5.41, 5.74) is -0.427. The summed E-state index contributed by atoms with van der Waals surface area (Å²) < 4.78 is 5.10. The van der Waals surface area contributed by atoms with E-state index in [1.54, 1.807) is 0 Å². The fourth-order valence-corrected chi connectivity index (χ4v) is 0.893. The molecule has 0 rings (SSSR count). The van der Waals surface area contributed by atoms with Gasteiger partial charge in [-0.15, -0.1) is 0 Å². The predicted molar refractivity (Wildman–Crippen MR) is 61.8 cm³/mol. The van der Waals surface area contributed by atoms with Gasteiger partial charge in [-0.25, -0.2) is 4.79 Å². The van der Waals surface area contributed by atoms with E-state index in [0.29, 0.717) is 12.5 Å². The van der Waals surface area contributed by atoms with E-state index >= 15 is 0 Å². The number of rotatable bonds is 3. The number of amides is 1. The topological polar surface area (TPSA) is 38.3 Å². The molecular weight excluding hydrogens is 246 g/mol. The molecule has 0 aromatic heterocycles. The van der Waals surface area contributed by atoms with Crippen molar-refractivity contribution in [2.75, 3.05) is 6.54 Å². The number of carbonyl (C=O) groups is 1. The first kappa shape index (κ1) is 13.8. The third-order valence-corrected chi connectivity index (χ3v) is 2.94. The Morgan fingerprint density at radius 1 is 1.43 bits per heavy atom. The summed E-state index contributed by atoms with van der Waals surface area (Å²) in [7, 11) is 0. The molecule has 0 saturated heterocycles. The normalized spacial score (nSPS) is 13.9. The molecule has 1 N–H and O–H groups in total. The standard InChI is InChI=1S/C10H20BrNO2/c1-7(2)8(11)6-12-9(13)14-10(3,4)5/h7-8H,6H2,1-5H3,(H,12,13). The number of hydrogen-bond acceptors (Lipinski definition) is 2. The van der Waals surface area contributed by atoms with Crippen LogP contribution in [0.15, 0.2) is 0 Å². The lowest BCUT2D eigenvalue weighted by molar-refractivity contribution is 0.0527. The van der Waals surface area contributed by atoms with Crippen LogP contribution in [0.5, 0.6) is 0 Å². The number of nitrogens with one attached hydrogen (secondary N) is 1. The molecule has 0 aromatic rings. The highest BCUT2D eigenvalue weighted by Crippen LogP contribution is 2.11. The fourth-order valence-electron chi connectivity index (χ4n) is 0.731. The molecule has 3 nitrogen and oxygen atoms in total. The van der Waals surface area contributed by atoms with Crippen molar-refractivity contribution in [3.63, 3.8) is 0 Å². The minimum Gasteiger partial charge on any atom is -0.444 e. The summed E-state index contributed by atoms with van der Waals surface area (Å²) in [4.78, 5) is 11.5. The van der Waals surface area contributed by atoms with Crippen molar-refractivity contribution in [3.05, 3.63) is 0 Å². The van der Waals surface area contributed by atoms with Gasteiger partial charge in [-0.2, -0.15) is 0 Å². The number of hydrogen-bond donors (Lipinski definition) is 1. The summed E-state index contributed by atoms with van der Waals surface area (Å²) >= 11 is 3.48. The Kier molecular flexibility index (Phi) is 5.49. The Morgan fingerprint density at radius 3 is 2.29 bits per heavy atom. The summed E-state index contributed by atoms with van der Waals surface area (Å²) in [5.74, 6) is 0.491. The van der Waals surface area contributed by atoms with Crippen LogP contribution in [0.25, 0.3) is 0 Å². The minimum atomic E-state index is -0.427. The van der Waals surface area contributed by atoms with Gasteiger partial charge in [0, 0.05) is 11.4 Å². The van der Waals surface area contributed by atoms with Gasteiger partial charge in [-0.05, 0) is 26.7 Å². The molecule has 0 fully saturated rings. The van der Waals surface area contributed by atoms with Crippen LogP contribution < -0.4 is 5.32 Å². The fraction of sp³-hybridized carbons (Fsp3) is 0.900. The highest BCUT2D eigenvalue weighted by atomic mass is 79.9. The van der Waals surface area contributed by atoms with Gasteiger partial charge in [0.25, 0.3) is 0 Å². The molecule has 0 aromatic carbocycles. The predicted octanol–water partition coefficient (Wildman–Crippen LogP) is 2.93. The maximum Gasteiger partial charge on any atom is 0.407 e. The molecule has 0 heterocycles. The first-order chi connectivity index (χ1) is 6.22. The average molecular weight is 266 g/mol. The molecule has 0 radical (unpaired) electrons. The maximum absolute atomic E-state index is 11.2. The first-order valence-corrected chi connectivity index (χ1v) is 5.75. The molecule has 4 heteroatoms. The summed E-state index contributed by atoms with van der Waals surface area (Å²) in [6.45, 7) is 10.3. The number of alkyl carbamates (subject to hydrolysis) is 1. The Labute approximate surface area is 94.7 Å². The second kappa shape index (κ2) is 5.59. The number of ether oxygens (including phenoxy) is 1. The van der Waals surface area contributed by atoms with Gasteiger partial charge in [-0.3, -0.25) is 0 Å². The van der Waals surface area contributed by atoms with Crippen molar-refractivity contribution in [3.8, 4) is 0 Å². The third kappa shape index (κ3) is 7.18. The van der Waals surface area contributed by atoms with Crippen LogP contribution in [0.4, 0.5) is 4.79 Å². The van der Waals surface area contributed by atoms with Crippen LogP contribution in [0, 0.1) is 5.92 Å². The van der Waals surface area contributed by atoms with Crippen molar-refractivity contribution in [1.82, 2.24) is 5.32 Å². The lowest BCUT2D eigenvalue weighted by Gasteiger charge is -2.21. The molecule has 84 valence electrons. The largest absolute Gasteiger partial charge is 0.444 e. The van der Waals surface area contributed by atoms with Crippen molar-refractivity contribution in [1.29, 1.82) is 0 Å². The SMILES string of the molecule is CC(C)C(Br)CNC(=O)OC(C)(C)C. The van der Waals surface area contributed by atoms with E-state index in [0.717, 1.165) is 0 Å². The second-order valence-electron chi connectivity index (χ2n) is 4.64. The number of alkyl halides is 1. The van der Waals surface area contributed by atoms with Crippen LogP contribution in [-0.2, 0) is 4.74 Å². The smallest absolute Gasteiger partial charge is 0.407 e. The van der Waals surface area contributed by atoms with E-state index in [9.17, 15) is 4.79 Å². The molecule has 0 aliphatic rings.